The highest BCUT2D eigenvalue weighted by Crippen LogP contribution is 2.25. The van der Waals surface area contributed by atoms with Crippen LogP contribution >= 0.6 is 0 Å². The average Bonchev–Trinajstić information content (AvgIpc) is 3.08. The summed E-state index contributed by atoms with van der Waals surface area (Å²) in [5.41, 5.74) is 6.01. The molecule has 0 atom stereocenters. The summed E-state index contributed by atoms with van der Waals surface area (Å²) in [6.45, 7) is 0.430. The molecule has 0 aliphatic heterocycles. The Bertz CT molecular complexity index is 534. The van der Waals surface area contributed by atoms with Crippen molar-refractivity contribution < 1.29 is 19.6 Å². The van der Waals surface area contributed by atoms with Crippen LogP contribution in [-0.4, -0.2) is 17.1 Å². The third-order valence-corrected chi connectivity index (χ3v) is 3.65. The Hall–Kier alpha value is -2.18. The standard InChI is InChI=1S/C16H20N2O4/c19-15(18-21)10-9-12-5-7-13(8-6-12)11-17-22-16(20)14-3-1-2-4-14/h5-10,14,17,21H,1-4,11H2,(H,18,19)/b10-9+. The van der Waals surface area contributed by atoms with Gasteiger partial charge in [0.05, 0.1) is 12.5 Å². The molecule has 1 saturated carbocycles. The Morgan fingerprint density at radius 3 is 2.55 bits per heavy atom. The Balaban J connectivity index is 1.75. The highest BCUT2D eigenvalue weighted by Gasteiger charge is 2.24. The Morgan fingerprint density at radius 2 is 1.91 bits per heavy atom. The first-order chi connectivity index (χ1) is 10.7. The van der Waals surface area contributed by atoms with Crippen molar-refractivity contribution in [1.82, 2.24) is 11.0 Å². The number of carbonyl (C=O) groups excluding carboxylic acids is 2. The van der Waals surface area contributed by atoms with E-state index in [0.29, 0.717) is 6.54 Å². The zero-order valence-electron chi connectivity index (χ0n) is 12.2. The Labute approximate surface area is 129 Å². The molecule has 0 bridgehead atoms. The molecule has 1 aliphatic carbocycles. The van der Waals surface area contributed by atoms with Gasteiger partial charge in [-0.25, -0.2) is 5.48 Å². The van der Waals surface area contributed by atoms with Crippen LogP contribution in [0.3, 0.4) is 0 Å². The molecule has 1 aliphatic rings. The van der Waals surface area contributed by atoms with Crippen LogP contribution in [0.15, 0.2) is 30.3 Å². The third kappa shape index (κ3) is 4.98. The average molecular weight is 304 g/mol. The van der Waals surface area contributed by atoms with E-state index in [1.54, 1.807) is 6.08 Å². The predicted molar refractivity (Wildman–Crippen MR) is 80.3 cm³/mol. The van der Waals surface area contributed by atoms with Crippen molar-refractivity contribution in [3.63, 3.8) is 0 Å². The van der Waals surface area contributed by atoms with E-state index < -0.39 is 5.91 Å². The molecular formula is C16H20N2O4. The molecule has 1 amide bonds. The number of amides is 1. The number of benzene rings is 1. The lowest BCUT2D eigenvalue weighted by Gasteiger charge is -2.10. The number of rotatable bonds is 6. The van der Waals surface area contributed by atoms with Crippen LogP contribution in [0, 0.1) is 5.92 Å². The van der Waals surface area contributed by atoms with Crippen LogP contribution in [0.2, 0.25) is 0 Å². The second kappa shape index (κ2) is 8.31. The molecule has 0 unspecified atom stereocenters. The Kier molecular flexibility index (Phi) is 6.12. The highest BCUT2D eigenvalue weighted by molar-refractivity contribution is 5.90. The van der Waals surface area contributed by atoms with Gasteiger partial charge in [-0.3, -0.25) is 14.8 Å². The van der Waals surface area contributed by atoms with Gasteiger partial charge in [0, 0.05) is 6.08 Å². The van der Waals surface area contributed by atoms with Gasteiger partial charge in [-0.1, -0.05) is 37.1 Å². The monoisotopic (exact) mass is 304 g/mol. The number of hydrogen-bond donors (Lipinski definition) is 3. The minimum atomic E-state index is -0.579. The maximum Gasteiger partial charge on any atom is 0.327 e. The largest absolute Gasteiger partial charge is 0.370 e. The van der Waals surface area contributed by atoms with Gasteiger partial charge in [-0.2, -0.15) is 0 Å². The lowest BCUT2D eigenvalue weighted by molar-refractivity contribution is -0.156. The van der Waals surface area contributed by atoms with Crippen molar-refractivity contribution in [2.24, 2.45) is 5.92 Å². The zero-order valence-corrected chi connectivity index (χ0v) is 12.2. The van der Waals surface area contributed by atoms with E-state index in [1.165, 1.54) is 11.6 Å². The molecule has 6 heteroatoms. The molecule has 1 aromatic carbocycles. The first kappa shape index (κ1) is 16.2. The van der Waals surface area contributed by atoms with Crippen LogP contribution in [0.25, 0.3) is 6.08 Å². The van der Waals surface area contributed by atoms with Crippen LogP contribution < -0.4 is 11.0 Å². The van der Waals surface area contributed by atoms with Crippen molar-refractivity contribution in [2.45, 2.75) is 32.2 Å². The van der Waals surface area contributed by atoms with Gasteiger partial charge in [0.1, 0.15) is 0 Å². The third-order valence-electron chi connectivity index (χ3n) is 3.65. The van der Waals surface area contributed by atoms with Gasteiger partial charge in [-0.15, -0.1) is 5.48 Å². The Morgan fingerprint density at radius 1 is 1.23 bits per heavy atom. The minimum Gasteiger partial charge on any atom is -0.370 e. The molecule has 0 aromatic heterocycles. The molecule has 2 rings (SSSR count). The van der Waals surface area contributed by atoms with E-state index in [-0.39, 0.29) is 11.9 Å². The number of hydrogen-bond acceptors (Lipinski definition) is 5. The van der Waals surface area contributed by atoms with E-state index in [0.717, 1.165) is 36.8 Å². The summed E-state index contributed by atoms with van der Waals surface area (Å²) in [4.78, 5) is 27.6. The molecule has 6 nitrogen and oxygen atoms in total. The smallest absolute Gasteiger partial charge is 0.327 e. The van der Waals surface area contributed by atoms with E-state index in [9.17, 15) is 9.59 Å². The maximum atomic E-state index is 11.7. The van der Waals surface area contributed by atoms with Crippen molar-refractivity contribution in [3.8, 4) is 0 Å². The molecule has 1 aromatic rings. The molecule has 22 heavy (non-hydrogen) atoms. The van der Waals surface area contributed by atoms with E-state index in [2.05, 4.69) is 5.48 Å². The summed E-state index contributed by atoms with van der Waals surface area (Å²) in [7, 11) is 0. The quantitative estimate of drug-likeness (QED) is 0.425. The maximum absolute atomic E-state index is 11.7. The minimum absolute atomic E-state index is 0.0395. The predicted octanol–water partition coefficient (Wildman–Crippen LogP) is 1.94. The van der Waals surface area contributed by atoms with Crippen LogP contribution in [0.1, 0.15) is 36.8 Å². The first-order valence-corrected chi connectivity index (χ1v) is 7.33. The fourth-order valence-electron chi connectivity index (χ4n) is 2.39. The van der Waals surface area contributed by atoms with Crippen LogP contribution in [0.5, 0.6) is 0 Å². The fraction of sp³-hybridized carbons (Fsp3) is 0.375. The topological polar surface area (TPSA) is 87.7 Å². The van der Waals surface area contributed by atoms with Gasteiger partial charge in [0.15, 0.2) is 0 Å². The fourth-order valence-corrected chi connectivity index (χ4v) is 2.39. The molecule has 0 heterocycles. The van der Waals surface area contributed by atoms with Crippen molar-refractivity contribution in [3.05, 3.63) is 41.5 Å². The second-order valence-corrected chi connectivity index (χ2v) is 5.27. The van der Waals surface area contributed by atoms with Gasteiger partial charge in [-0.05, 0) is 30.0 Å². The normalized spacial score (nSPS) is 15.1. The SMILES string of the molecule is O=C(/C=C/c1ccc(CNOC(=O)C2CCCC2)cc1)NO. The van der Waals surface area contributed by atoms with Crippen molar-refractivity contribution in [1.29, 1.82) is 0 Å². The summed E-state index contributed by atoms with van der Waals surface area (Å²) in [6, 6.07) is 7.40. The summed E-state index contributed by atoms with van der Waals surface area (Å²) in [5, 5.41) is 8.38. The second-order valence-electron chi connectivity index (χ2n) is 5.27. The lowest BCUT2D eigenvalue weighted by atomic mass is 10.1. The first-order valence-electron chi connectivity index (χ1n) is 7.33. The van der Waals surface area contributed by atoms with E-state index in [1.807, 2.05) is 24.3 Å². The van der Waals surface area contributed by atoms with Crippen molar-refractivity contribution in [2.75, 3.05) is 0 Å². The van der Waals surface area contributed by atoms with Gasteiger partial charge in [0.25, 0.3) is 5.91 Å². The molecule has 1 fully saturated rings. The molecule has 118 valence electrons. The molecule has 0 spiro atoms. The van der Waals surface area contributed by atoms with Gasteiger partial charge >= 0.3 is 5.97 Å². The number of hydroxylamine groups is 2. The van der Waals surface area contributed by atoms with Crippen LogP contribution in [-0.2, 0) is 21.0 Å². The number of nitrogens with one attached hydrogen (secondary N) is 2. The molecule has 3 N–H and O–H groups in total. The van der Waals surface area contributed by atoms with Gasteiger partial charge in [0.2, 0.25) is 0 Å². The number of carbonyl (C=O) groups is 2. The summed E-state index contributed by atoms with van der Waals surface area (Å²) < 4.78 is 0. The summed E-state index contributed by atoms with van der Waals surface area (Å²) in [5.74, 6) is -0.714. The summed E-state index contributed by atoms with van der Waals surface area (Å²) >= 11 is 0. The summed E-state index contributed by atoms with van der Waals surface area (Å²) in [6.07, 6.45) is 6.86. The molecule has 0 radical (unpaired) electrons. The highest BCUT2D eigenvalue weighted by atomic mass is 16.7. The lowest BCUT2D eigenvalue weighted by Crippen LogP contribution is -2.24. The van der Waals surface area contributed by atoms with Crippen molar-refractivity contribution >= 4 is 18.0 Å². The van der Waals surface area contributed by atoms with E-state index in [4.69, 9.17) is 10.0 Å². The van der Waals surface area contributed by atoms with Crippen LogP contribution in [0.4, 0.5) is 0 Å². The molecular weight excluding hydrogens is 284 g/mol. The van der Waals surface area contributed by atoms with Gasteiger partial charge < -0.3 is 4.84 Å². The zero-order chi connectivity index (χ0) is 15.8. The van der Waals surface area contributed by atoms with E-state index >= 15 is 0 Å². The molecule has 0 saturated heterocycles.